The minimum atomic E-state index is -1.47. The average Bonchev–Trinajstić information content (AvgIpc) is 2.14. The van der Waals surface area contributed by atoms with Crippen LogP contribution < -0.4 is 5.32 Å². The van der Waals surface area contributed by atoms with E-state index in [-0.39, 0.29) is 12.3 Å². The first-order chi connectivity index (χ1) is 7.87. The van der Waals surface area contributed by atoms with Crippen molar-refractivity contribution in [3.05, 3.63) is 0 Å². The molecular formula is C12H23NO4. The van der Waals surface area contributed by atoms with E-state index in [1.54, 1.807) is 0 Å². The number of hydrogen-bond acceptors (Lipinski definition) is 3. The number of carbonyl (C=O) groups is 2. The molecule has 5 nitrogen and oxygen atoms in total. The molecule has 0 aliphatic heterocycles. The zero-order valence-electron chi connectivity index (χ0n) is 10.7. The second kappa shape index (κ2) is 8.06. The number of rotatable bonds is 9. The molecule has 0 aromatic heterocycles. The molecule has 1 atom stereocenters. The van der Waals surface area contributed by atoms with Gasteiger partial charge in [0.2, 0.25) is 5.91 Å². The molecule has 0 rings (SSSR count). The SMILES string of the molecule is CCCCCCNC(=O)CC(C)(O)CC(=O)O. The topological polar surface area (TPSA) is 86.6 Å². The Hall–Kier alpha value is -1.10. The maximum Gasteiger partial charge on any atom is 0.306 e. The molecule has 0 aromatic rings. The van der Waals surface area contributed by atoms with E-state index in [2.05, 4.69) is 12.2 Å². The molecular weight excluding hydrogens is 222 g/mol. The molecule has 1 amide bonds. The molecule has 0 spiro atoms. The van der Waals surface area contributed by atoms with Crippen molar-refractivity contribution >= 4 is 11.9 Å². The zero-order valence-corrected chi connectivity index (χ0v) is 10.7. The molecule has 0 heterocycles. The molecule has 0 saturated heterocycles. The van der Waals surface area contributed by atoms with Crippen molar-refractivity contribution in [1.29, 1.82) is 0 Å². The highest BCUT2D eigenvalue weighted by atomic mass is 16.4. The van der Waals surface area contributed by atoms with Gasteiger partial charge in [-0.25, -0.2) is 0 Å². The molecule has 1 unspecified atom stereocenters. The van der Waals surface area contributed by atoms with E-state index in [0.29, 0.717) is 6.54 Å². The van der Waals surface area contributed by atoms with Crippen molar-refractivity contribution in [2.45, 2.75) is 58.0 Å². The van der Waals surface area contributed by atoms with E-state index < -0.39 is 18.0 Å². The third kappa shape index (κ3) is 9.81. The van der Waals surface area contributed by atoms with Crippen LogP contribution in [-0.2, 0) is 9.59 Å². The predicted octanol–water partition coefficient (Wildman–Crippen LogP) is 1.30. The van der Waals surface area contributed by atoms with Crippen LogP contribution in [-0.4, -0.2) is 34.2 Å². The summed E-state index contributed by atoms with van der Waals surface area (Å²) in [6.07, 6.45) is 3.68. The number of amides is 1. The Morgan fingerprint density at radius 3 is 2.35 bits per heavy atom. The van der Waals surface area contributed by atoms with Gasteiger partial charge in [0.25, 0.3) is 0 Å². The summed E-state index contributed by atoms with van der Waals surface area (Å²) in [5.41, 5.74) is -1.47. The van der Waals surface area contributed by atoms with Crippen molar-refractivity contribution in [2.75, 3.05) is 6.54 Å². The Morgan fingerprint density at radius 1 is 1.18 bits per heavy atom. The lowest BCUT2D eigenvalue weighted by atomic mass is 9.98. The third-order valence-electron chi connectivity index (χ3n) is 2.43. The second-order valence-electron chi connectivity index (χ2n) is 4.65. The highest BCUT2D eigenvalue weighted by Crippen LogP contribution is 2.13. The summed E-state index contributed by atoms with van der Waals surface area (Å²) >= 11 is 0. The smallest absolute Gasteiger partial charge is 0.306 e. The fourth-order valence-corrected chi connectivity index (χ4v) is 1.58. The molecule has 5 heteroatoms. The van der Waals surface area contributed by atoms with E-state index in [1.165, 1.54) is 6.92 Å². The van der Waals surface area contributed by atoms with Crippen LogP contribution in [0, 0.1) is 0 Å². The quantitative estimate of drug-likeness (QED) is 0.534. The van der Waals surface area contributed by atoms with Crippen molar-refractivity contribution in [3.63, 3.8) is 0 Å². The van der Waals surface area contributed by atoms with Gasteiger partial charge >= 0.3 is 5.97 Å². The van der Waals surface area contributed by atoms with Gasteiger partial charge in [-0.1, -0.05) is 26.2 Å². The van der Waals surface area contributed by atoms with Crippen molar-refractivity contribution < 1.29 is 19.8 Å². The van der Waals surface area contributed by atoms with E-state index in [1.807, 2.05) is 0 Å². The first kappa shape index (κ1) is 15.9. The number of carbonyl (C=O) groups excluding carboxylic acids is 1. The lowest BCUT2D eigenvalue weighted by molar-refractivity contribution is -0.143. The van der Waals surface area contributed by atoms with E-state index >= 15 is 0 Å². The summed E-state index contributed by atoms with van der Waals surface area (Å²) in [5, 5.41) is 20.9. The lowest BCUT2D eigenvalue weighted by Gasteiger charge is -2.20. The molecule has 0 fully saturated rings. The summed E-state index contributed by atoms with van der Waals surface area (Å²) in [7, 11) is 0. The Kier molecular flexibility index (Phi) is 7.54. The minimum absolute atomic E-state index is 0.174. The van der Waals surface area contributed by atoms with E-state index in [0.717, 1.165) is 25.7 Å². The lowest BCUT2D eigenvalue weighted by Crippen LogP contribution is -2.36. The molecule has 0 radical (unpaired) electrons. The van der Waals surface area contributed by atoms with Crippen LogP contribution >= 0.6 is 0 Å². The number of aliphatic hydroxyl groups is 1. The summed E-state index contributed by atoms with van der Waals surface area (Å²) in [6, 6.07) is 0. The third-order valence-corrected chi connectivity index (χ3v) is 2.43. The van der Waals surface area contributed by atoms with Gasteiger partial charge in [0.15, 0.2) is 0 Å². The first-order valence-electron chi connectivity index (χ1n) is 6.08. The minimum Gasteiger partial charge on any atom is -0.481 e. The molecule has 0 aromatic carbocycles. The van der Waals surface area contributed by atoms with Crippen LogP contribution in [0.1, 0.15) is 52.4 Å². The monoisotopic (exact) mass is 245 g/mol. The fourth-order valence-electron chi connectivity index (χ4n) is 1.58. The zero-order chi connectivity index (χ0) is 13.3. The summed E-state index contributed by atoms with van der Waals surface area (Å²) in [4.78, 5) is 21.8. The average molecular weight is 245 g/mol. The van der Waals surface area contributed by atoms with Gasteiger partial charge in [0, 0.05) is 6.54 Å². The fraction of sp³-hybridized carbons (Fsp3) is 0.833. The maximum atomic E-state index is 11.4. The summed E-state index contributed by atoms with van der Waals surface area (Å²) in [5.74, 6) is -1.40. The van der Waals surface area contributed by atoms with Gasteiger partial charge in [-0.05, 0) is 13.3 Å². The molecule has 0 saturated carbocycles. The number of aliphatic carboxylic acids is 1. The Morgan fingerprint density at radius 2 is 1.82 bits per heavy atom. The number of hydrogen-bond donors (Lipinski definition) is 3. The molecule has 0 aliphatic rings. The summed E-state index contributed by atoms with van der Waals surface area (Å²) < 4.78 is 0. The Labute approximate surface area is 102 Å². The van der Waals surface area contributed by atoms with E-state index in [4.69, 9.17) is 5.11 Å². The highest BCUT2D eigenvalue weighted by Gasteiger charge is 2.27. The molecule has 17 heavy (non-hydrogen) atoms. The Balaban J connectivity index is 3.73. The van der Waals surface area contributed by atoms with Crippen molar-refractivity contribution in [1.82, 2.24) is 5.32 Å². The predicted molar refractivity (Wildman–Crippen MR) is 64.6 cm³/mol. The molecule has 3 N–H and O–H groups in total. The number of carboxylic acids is 1. The maximum absolute atomic E-state index is 11.4. The van der Waals surface area contributed by atoms with Crippen molar-refractivity contribution in [3.8, 4) is 0 Å². The van der Waals surface area contributed by atoms with E-state index in [9.17, 15) is 14.7 Å². The van der Waals surface area contributed by atoms with Crippen LogP contribution in [0.15, 0.2) is 0 Å². The number of nitrogens with one attached hydrogen (secondary N) is 1. The molecule has 0 bridgehead atoms. The molecule has 100 valence electrons. The number of unbranched alkanes of at least 4 members (excludes halogenated alkanes) is 3. The van der Waals surface area contributed by atoms with Crippen LogP contribution in [0.3, 0.4) is 0 Å². The Bertz CT molecular complexity index is 251. The normalized spacial score (nSPS) is 14.1. The van der Waals surface area contributed by atoms with Crippen LogP contribution in [0.25, 0.3) is 0 Å². The van der Waals surface area contributed by atoms with Crippen LogP contribution in [0.4, 0.5) is 0 Å². The van der Waals surface area contributed by atoms with Crippen LogP contribution in [0.2, 0.25) is 0 Å². The number of carboxylic acid groups (broad SMARTS) is 1. The van der Waals surface area contributed by atoms with Gasteiger partial charge in [-0.3, -0.25) is 9.59 Å². The van der Waals surface area contributed by atoms with Gasteiger partial charge < -0.3 is 15.5 Å². The van der Waals surface area contributed by atoms with Gasteiger partial charge in [0.1, 0.15) is 0 Å². The first-order valence-corrected chi connectivity index (χ1v) is 6.08. The van der Waals surface area contributed by atoms with Gasteiger partial charge in [-0.2, -0.15) is 0 Å². The van der Waals surface area contributed by atoms with Crippen molar-refractivity contribution in [2.24, 2.45) is 0 Å². The van der Waals surface area contributed by atoms with Gasteiger partial charge in [0.05, 0.1) is 18.4 Å². The van der Waals surface area contributed by atoms with Gasteiger partial charge in [-0.15, -0.1) is 0 Å². The van der Waals surface area contributed by atoms with Crippen LogP contribution in [0.5, 0.6) is 0 Å². The second-order valence-corrected chi connectivity index (χ2v) is 4.65. The standard InChI is InChI=1S/C12H23NO4/c1-3-4-5-6-7-13-10(14)8-12(2,17)9-11(15)16/h17H,3-9H2,1-2H3,(H,13,14)(H,15,16). The summed E-state index contributed by atoms with van der Waals surface area (Å²) in [6.45, 7) is 4.06. The molecule has 0 aliphatic carbocycles. The largest absolute Gasteiger partial charge is 0.481 e. The highest BCUT2D eigenvalue weighted by molar-refractivity contribution is 5.78.